The van der Waals surface area contributed by atoms with Crippen LogP contribution in [0.15, 0.2) is 0 Å². The van der Waals surface area contributed by atoms with Gasteiger partial charge in [0.15, 0.2) is 6.10 Å². The molecule has 98 valence electrons. The number of hydrogen-bond donors (Lipinski definition) is 3. The number of carbonyl (C=O) groups excluding carboxylic acids is 1. The summed E-state index contributed by atoms with van der Waals surface area (Å²) in [4.78, 5) is 22.2. The van der Waals surface area contributed by atoms with E-state index in [1.165, 1.54) is 19.3 Å². The Labute approximate surface area is 101 Å². The molecule has 0 radical (unpaired) electrons. The lowest BCUT2D eigenvalue weighted by Crippen LogP contribution is -2.39. The maximum Gasteiger partial charge on any atom is 0.334 e. The van der Waals surface area contributed by atoms with Crippen molar-refractivity contribution in [3.8, 4) is 0 Å². The molecular weight excluding hydrogens is 222 g/mol. The van der Waals surface area contributed by atoms with Crippen molar-refractivity contribution in [3.05, 3.63) is 0 Å². The van der Waals surface area contributed by atoms with Gasteiger partial charge in [-0.05, 0) is 12.8 Å². The molecule has 0 saturated heterocycles. The Balaban J connectivity index is 2.32. The Bertz CT molecular complexity index is 259. The number of hydrogen-bond acceptors (Lipinski definition) is 3. The maximum absolute atomic E-state index is 11.8. The topological polar surface area (TPSA) is 86.6 Å². The minimum Gasteiger partial charge on any atom is -0.479 e. The molecule has 1 fully saturated rings. The number of aliphatic hydroxyl groups excluding tert-OH is 1. The van der Waals surface area contributed by atoms with Gasteiger partial charge < -0.3 is 15.5 Å². The second-order valence-electron chi connectivity index (χ2n) is 4.64. The van der Waals surface area contributed by atoms with Gasteiger partial charge in [0, 0.05) is 5.92 Å². The lowest BCUT2D eigenvalue weighted by Gasteiger charge is -2.19. The predicted octanol–water partition coefficient (Wildman–Crippen LogP) is 0.909. The summed E-state index contributed by atoms with van der Waals surface area (Å²) in [6.45, 7) is -0.204. The summed E-state index contributed by atoms with van der Waals surface area (Å²) >= 11 is 0. The molecule has 0 heterocycles. The van der Waals surface area contributed by atoms with E-state index in [0.29, 0.717) is 0 Å². The zero-order chi connectivity index (χ0) is 12.7. The minimum absolute atomic E-state index is 0.0173. The Kier molecular flexibility index (Phi) is 5.97. The van der Waals surface area contributed by atoms with E-state index >= 15 is 0 Å². The molecule has 0 aromatic carbocycles. The maximum atomic E-state index is 11.8. The Morgan fingerprint density at radius 2 is 1.65 bits per heavy atom. The lowest BCUT2D eigenvalue weighted by molar-refractivity contribution is -0.146. The third-order valence-corrected chi connectivity index (χ3v) is 3.23. The normalized spacial score (nSPS) is 20.1. The van der Waals surface area contributed by atoms with Crippen LogP contribution in [-0.4, -0.2) is 34.7 Å². The van der Waals surface area contributed by atoms with Crippen LogP contribution in [-0.2, 0) is 9.59 Å². The van der Waals surface area contributed by atoms with Crippen LogP contribution in [0.5, 0.6) is 0 Å². The standard InChI is InChI=1S/C12H21NO4/c14-10(12(16)17)8-13-11(15)9-6-4-2-1-3-5-7-9/h9-10,14H,1-8H2,(H,13,15)(H,16,17)/t10-/m0/s1. The Morgan fingerprint density at radius 1 is 1.12 bits per heavy atom. The number of carboxylic acid groups (broad SMARTS) is 1. The predicted molar refractivity (Wildman–Crippen MR) is 62.5 cm³/mol. The molecule has 5 nitrogen and oxygen atoms in total. The van der Waals surface area contributed by atoms with Crippen LogP contribution in [0, 0.1) is 5.92 Å². The van der Waals surface area contributed by atoms with Gasteiger partial charge in [-0.25, -0.2) is 4.79 Å². The monoisotopic (exact) mass is 243 g/mol. The Morgan fingerprint density at radius 3 is 2.18 bits per heavy atom. The van der Waals surface area contributed by atoms with Crippen LogP contribution in [0.1, 0.15) is 44.9 Å². The molecule has 1 aliphatic carbocycles. The van der Waals surface area contributed by atoms with E-state index in [2.05, 4.69) is 5.32 Å². The van der Waals surface area contributed by atoms with Gasteiger partial charge in [-0.1, -0.05) is 32.1 Å². The van der Waals surface area contributed by atoms with Crippen LogP contribution in [0.25, 0.3) is 0 Å². The van der Waals surface area contributed by atoms with Gasteiger partial charge in [-0.2, -0.15) is 0 Å². The number of amides is 1. The fraction of sp³-hybridized carbons (Fsp3) is 0.833. The first-order valence-corrected chi connectivity index (χ1v) is 6.30. The molecule has 1 amide bonds. The first-order chi connectivity index (χ1) is 8.11. The van der Waals surface area contributed by atoms with E-state index in [1.54, 1.807) is 0 Å². The summed E-state index contributed by atoms with van der Waals surface area (Å²) in [5.74, 6) is -1.44. The van der Waals surface area contributed by atoms with E-state index in [1.807, 2.05) is 0 Å². The highest BCUT2D eigenvalue weighted by Gasteiger charge is 2.21. The molecule has 0 aromatic rings. The van der Waals surface area contributed by atoms with Crippen LogP contribution < -0.4 is 5.32 Å². The summed E-state index contributed by atoms with van der Waals surface area (Å²) in [5, 5.41) is 20.1. The average Bonchev–Trinajstić information content (AvgIpc) is 2.24. The third-order valence-electron chi connectivity index (χ3n) is 3.23. The van der Waals surface area contributed by atoms with Crippen molar-refractivity contribution in [2.75, 3.05) is 6.54 Å². The molecule has 3 N–H and O–H groups in total. The number of carbonyl (C=O) groups is 2. The fourth-order valence-electron chi connectivity index (χ4n) is 2.15. The van der Waals surface area contributed by atoms with Gasteiger partial charge >= 0.3 is 5.97 Å². The van der Waals surface area contributed by atoms with Gasteiger partial charge in [-0.3, -0.25) is 4.79 Å². The quantitative estimate of drug-likeness (QED) is 0.685. The zero-order valence-corrected chi connectivity index (χ0v) is 10.0. The molecule has 0 aliphatic heterocycles. The van der Waals surface area contributed by atoms with Gasteiger partial charge in [0.2, 0.25) is 5.91 Å². The molecule has 0 bridgehead atoms. The van der Waals surface area contributed by atoms with Crippen molar-refractivity contribution in [1.29, 1.82) is 0 Å². The molecule has 1 saturated carbocycles. The van der Waals surface area contributed by atoms with Crippen molar-refractivity contribution in [1.82, 2.24) is 5.32 Å². The van der Waals surface area contributed by atoms with E-state index in [9.17, 15) is 9.59 Å². The average molecular weight is 243 g/mol. The van der Waals surface area contributed by atoms with Gasteiger partial charge in [0.25, 0.3) is 0 Å². The molecule has 1 rings (SSSR count). The van der Waals surface area contributed by atoms with Crippen LogP contribution in [0.3, 0.4) is 0 Å². The number of aliphatic carboxylic acids is 1. The highest BCUT2D eigenvalue weighted by molar-refractivity contribution is 5.80. The number of aliphatic hydroxyl groups is 1. The lowest BCUT2D eigenvalue weighted by atomic mass is 9.90. The van der Waals surface area contributed by atoms with Crippen molar-refractivity contribution in [2.24, 2.45) is 5.92 Å². The van der Waals surface area contributed by atoms with Crippen molar-refractivity contribution >= 4 is 11.9 Å². The smallest absolute Gasteiger partial charge is 0.334 e. The number of rotatable bonds is 4. The summed E-state index contributed by atoms with van der Waals surface area (Å²) in [7, 11) is 0. The van der Waals surface area contributed by atoms with E-state index < -0.39 is 12.1 Å². The summed E-state index contributed by atoms with van der Waals surface area (Å²) < 4.78 is 0. The van der Waals surface area contributed by atoms with Gasteiger partial charge in [-0.15, -0.1) is 0 Å². The molecule has 17 heavy (non-hydrogen) atoms. The molecule has 5 heteroatoms. The van der Waals surface area contributed by atoms with Gasteiger partial charge in [0.05, 0.1) is 6.54 Å². The second-order valence-corrected chi connectivity index (χ2v) is 4.64. The molecule has 0 aromatic heterocycles. The highest BCUT2D eigenvalue weighted by atomic mass is 16.4. The number of carboxylic acids is 1. The SMILES string of the molecule is O=C(NC[C@H](O)C(=O)O)C1CCCCCCC1. The highest BCUT2D eigenvalue weighted by Crippen LogP contribution is 2.22. The molecule has 0 spiro atoms. The van der Waals surface area contributed by atoms with Crippen molar-refractivity contribution in [3.63, 3.8) is 0 Å². The van der Waals surface area contributed by atoms with E-state index in [4.69, 9.17) is 10.2 Å². The molecule has 0 unspecified atom stereocenters. The summed E-state index contributed by atoms with van der Waals surface area (Å²) in [6, 6.07) is 0. The molecule has 1 aliphatic rings. The Hall–Kier alpha value is -1.10. The van der Waals surface area contributed by atoms with Gasteiger partial charge in [0.1, 0.15) is 0 Å². The second kappa shape index (κ2) is 7.27. The fourth-order valence-corrected chi connectivity index (χ4v) is 2.15. The van der Waals surface area contributed by atoms with Crippen LogP contribution in [0.2, 0.25) is 0 Å². The molecule has 1 atom stereocenters. The van der Waals surface area contributed by atoms with E-state index in [0.717, 1.165) is 25.7 Å². The zero-order valence-electron chi connectivity index (χ0n) is 10.0. The van der Waals surface area contributed by atoms with Crippen LogP contribution >= 0.6 is 0 Å². The first-order valence-electron chi connectivity index (χ1n) is 6.30. The van der Waals surface area contributed by atoms with E-state index in [-0.39, 0.29) is 18.4 Å². The first kappa shape index (κ1) is 14.0. The minimum atomic E-state index is -1.51. The third kappa shape index (κ3) is 5.17. The largest absolute Gasteiger partial charge is 0.479 e. The van der Waals surface area contributed by atoms with Crippen molar-refractivity contribution in [2.45, 2.75) is 51.0 Å². The molecular formula is C12H21NO4. The van der Waals surface area contributed by atoms with Crippen LogP contribution in [0.4, 0.5) is 0 Å². The van der Waals surface area contributed by atoms with Crippen molar-refractivity contribution < 1.29 is 19.8 Å². The summed E-state index contributed by atoms with van der Waals surface area (Å²) in [6.07, 6.45) is 5.92. The summed E-state index contributed by atoms with van der Waals surface area (Å²) in [5.41, 5.74) is 0. The number of nitrogens with one attached hydrogen (secondary N) is 1.